The Bertz CT molecular complexity index is 661. The summed E-state index contributed by atoms with van der Waals surface area (Å²) in [7, 11) is 2.10. The Morgan fingerprint density at radius 1 is 1.48 bits per heavy atom. The van der Waals surface area contributed by atoms with Crippen LogP contribution in [0, 0.1) is 0 Å². The van der Waals surface area contributed by atoms with Crippen molar-refractivity contribution in [3.8, 4) is 0 Å². The van der Waals surface area contributed by atoms with Gasteiger partial charge in [-0.1, -0.05) is 22.0 Å². The zero-order valence-corrected chi connectivity index (χ0v) is 14.6. The number of nitrogens with zero attached hydrogens (tertiary/aromatic N) is 2. The normalized spacial score (nSPS) is 14.2. The lowest BCUT2D eigenvalue weighted by Crippen LogP contribution is -2.25. The molecule has 0 aliphatic carbocycles. The number of amides is 1. The summed E-state index contributed by atoms with van der Waals surface area (Å²) in [6.07, 6.45) is 0.953. The van der Waals surface area contributed by atoms with Crippen LogP contribution in [0.25, 0.3) is 0 Å². The third kappa shape index (κ3) is 3.83. The molecule has 1 amide bonds. The summed E-state index contributed by atoms with van der Waals surface area (Å²) in [5, 5.41) is 3.58. The van der Waals surface area contributed by atoms with Gasteiger partial charge in [-0.3, -0.25) is 10.1 Å². The van der Waals surface area contributed by atoms with E-state index >= 15 is 0 Å². The number of carbonyl (C=O) groups is 1. The Labute approximate surface area is 142 Å². The number of rotatable bonds is 2. The maximum atomic E-state index is 12.2. The Morgan fingerprint density at radius 3 is 3.05 bits per heavy atom. The van der Waals surface area contributed by atoms with Crippen molar-refractivity contribution >= 4 is 50.7 Å². The zero-order chi connectivity index (χ0) is 14.1. The lowest BCUT2D eigenvalue weighted by atomic mass is 10.2. The van der Waals surface area contributed by atoms with Gasteiger partial charge < -0.3 is 4.90 Å². The van der Waals surface area contributed by atoms with Crippen LogP contribution in [-0.4, -0.2) is 29.4 Å². The Hall–Kier alpha value is -0.950. The first-order valence-corrected chi connectivity index (χ1v) is 7.97. The molecule has 1 aliphatic rings. The maximum absolute atomic E-state index is 12.2. The summed E-state index contributed by atoms with van der Waals surface area (Å²) in [6, 6.07) is 7.34. The van der Waals surface area contributed by atoms with Crippen molar-refractivity contribution < 1.29 is 4.79 Å². The Kier molecular flexibility index (Phi) is 5.37. The number of carbonyl (C=O) groups excluding carboxylic acids is 1. The average molecular weight is 389 g/mol. The second-order valence-corrected chi connectivity index (χ2v) is 6.84. The molecule has 0 radical (unpaired) electrons. The minimum Gasteiger partial charge on any atom is -0.301 e. The van der Waals surface area contributed by atoms with E-state index in [1.165, 1.54) is 4.88 Å². The van der Waals surface area contributed by atoms with E-state index in [9.17, 15) is 4.79 Å². The van der Waals surface area contributed by atoms with E-state index in [4.69, 9.17) is 0 Å². The Morgan fingerprint density at radius 2 is 2.29 bits per heavy atom. The minimum atomic E-state index is -0.120. The highest BCUT2D eigenvalue weighted by atomic mass is 79.9. The third-order valence-corrected chi connectivity index (χ3v) is 4.72. The van der Waals surface area contributed by atoms with Crippen LogP contribution >= 0.6 is 39.7 Å². The first-order valence-electron chi connectivity index (χ1n) is 6.36. The summed E-state index contributed by atoms with van der Waals surface area (Å²) < 4.78 is 0.894. The van der Waals surface area contributed by atoms with E-state index in [2.05, 4.69) is 38.2 Å². The standard InChI is InChI=1S/C14H14BrN3OS.ClH/c1-18-6-5-11-12(8-18)20-14(16-11)17-13(19)9-3-2-4-10(15)7-9;/h2-4,7H,5-6,8H2,1H3,(H,16,17,19);1H. The van der Waals surface area contributed by atoms with Gasteiger partial charge in [-0.25, -0.2) is 4.98 Å². The molecule has 1 aromatic carbocycles. The molecular formula is C14H15BrClN3OS. The number of thiazole rings is 1. The van der Waals surface area contributed by atoms with Gasteiger partial charge in [-0.05, 0) is 25.2 Å². The molecule has 0 fully saturated rings. The Balaban J connectivity index is 0.00000161. The molecule has 0 unspecified atom stereocenters. The number of halogens is 2. The van der Waals surface area contributed by atoms with Crippen molar-refractivity contribution in [2.75, 3.05) is 18.9 Å². The number of anilines is 1. The molecule has 0 spiro atoms. The molecule has 0 saturated carbocycles. The number of likely N-dealkylation sites (N-methyl/N-ethyl adjacent to an activating group) is 1. The summed E-state index contributed by atoms with van der Waals surface area (Å²) in [4.78, 5) is 20.2. The fraction of sp³-hybridized carbons (Fsp3) is 0.286. The lowest BCUT2D eigenvalue weighted by molar-refractivity contribution is 0.102. The van der Waals surface area contributed by atoms with E-state index in [1.807, 2.05) is 12.1 Å². The van der Waals surface area contributed by atoms with Crippen LogP contribution < -0.4 is 5.32 Å². The van der Waals surface area contributed by atoms with Crippen molar-refractivity contribution in [1.82, 2.24) is 9.88 Å². The van der Waals surface area contributed by atoms with Gasteiger partial charge >= 0.3 is 0 Å². The van der Waals surface area contributed by atoms with Crippen LogP contribution in [0.15, 0.2) is 28.7 Å². The van der Waals surface area contributed by atoms with Crippen LogP contribution in [0.3, 0.4) is 0 Å². The molecule has 1 N–H and O–H groups in total. The zero-order valence-electron chi connectivity index (χ0n) is 11.4. The fourth-order valence-corrected chi connectivity index (χ4v) is 3.66. The van der Waals surface area contributed by atoms with Crippen LogP contribution in [-0.2, 0) is 13.0 Å². The molecule has 0 atom stereocenters. The third-order valence-electron chi connectivity index (χ3n) is 3.23. The average Bonchev–Trinajstić information content (AvgIpc) is 2.80. The summed E-state index contributed by atoms with van der Waals surface area (Å²) in [5.74, 6) is -0.120. The van der Waals surface area contributed by atoms with Gasteiger partial charge in [0.25, 0.3) is 5.91 Å². The van der Waals surface area contributed by atoms with Crippen LogP contribution in [0.1, 0.15) is 20.9 Å². The summed E-state index contributed by atoms with van der Waals surface area (Å²) in [6.45, 7) is 1.94. The quantitative estimate of drug-likeness (QED) is 0.855. The number of benzene rings is 1. The second kappa shape index (κ2) is 6.87. The highest BCUT2D eigenvalue weighted by Gasteiger charge is 2.19. The number of nitrogens with one attached hydrogen (secondary N) is 1. The number of hydrogen-bond donors (Lipinski definition) is 1. The highest BCUT2D eigenvalue weighted by Crippen LogP contribution is 2.28. The lowest BCUT2D eigenvalue weighted by Gasteiger charge is -2.20. The minimum absolute atomic E-state index is 0. The molecule has 1 aromatic heterocycles. The van der Waals surface area contributed by atoms with Gasteiger partial charge in [0, 0.05) is 34.4 Å². The van der Waals surface area contributed by atoms with Crippen molar-refractivity contribution in [2.45, 2.75) is 13.0 Å². The maximum Gasteiger partial charge on any atom is 0.257 e. The van der Waals surface area contributed by atoms with Gasteiger partial charge in [0.1, 0.15) is 0 Å². The van der Waals surface area contributed by atoms with E-state index in [0.717, 1.165) is 29.7 Å². The molecule has 0 saturated heterocycles. The van der Waals surface area contributed by atoms with Gasteiger partial charge in [0.05, 0.1) is 5.69 Å². The van der Waals surface area contributed by atoms with E-state index in [1.54, 1.807) is 23.5 Å². The van der Waals surface area contributed by atoms with E-state index in [-0.39, 0.29) is 18.3 Å². The largest absolute Gasteiger partial charge is 0.301 e. The molecule has 2 heterocycles. The predicted molar refractivity (Wildman–Crippen MR) is 91.5 cm³/mol. The molecule has 4 nitrogen and oxygen atoms in total. The van der Waals surface area contributed by atoms with Crippen molar-refractivity contribution in [1.29, 1.82) is 0 Å². The SMILES string of the molecule is CN1CCc2nc(NC(=O)c3cccc(Br)c3)sc2C1.Cl. The number of fused-ring (bicyclic) bond motifs is 1. The van der Waals surface area contributed by atoms with Gasteiger partial charge in [-0.15, -0.1) is 23.7 Å². The van der Waals surface area contributed by atoms with Crippen molar-refractivity contribution in [3.63, 3.8) is 0 Å². The summed E-state index contributed by atoms with van der Waals surface area (Å²) in [5.41, 5.74) is 1.75. The molecule has 21 heavy (non-hydrogen) atoms. The second-order valence-electron chi connectivity index (χ2n) is 4.84. The van der Waals surface area contributed by atoms with Gasteiger partial charge in [-0.2, -0.15) is 0 Å². The topological polar surface area (TPSA) is 45.2 Å². The van der Waals surface area contributed by atoms with Crippen molar-refractivity contribution in [2.24, 2.45) is 0 Å². The van der Waals surface area contributed by atoms with E-state index < -0.39 is 0 Å². The van der Waals surface area contributed by atoms with E-state index in [0.29, 0.717) is 10.7 Å². The molecule has 7 heteroatoms. The molecule has 3 rings (SSSR count). The molecule has 0 bridgehead atoms. The monoisotopic (exact) mass is 387 g/mol. The molecular weight excluding hydrogens is 374 g/mol. The first-order chi connectivity index (χ1) is 9.61. The van der Waals surface area contributed by atoms with Crippen LogP contribution in [0.5, 0.6) is 0 Å². The molecule has 112 valence electrons. The van der Waals surface area contributed by atoms with Crippen LogP contribution in [0.4, 0.5) is 5.13 Å². The highest BCUT2D eigenvalue weighted by molar-refractivity contribution is 9.10. The van der Waals surface area contributed by atoms with Gasteiger partial charge in [0.2, 0.25) is 0 Å². The molecule has 2 aromatic rings. The number of aromatic nitrogens is 1. The first kappa shape index (κ1) is 16.4. The van der Waals surface area contributed by atoms with Gasteiger partial charge in [0.15, 0.2) is 5.13 Å². The van der Waals surface area contributed by atoms with Crippen molar-refractivity contribution in [3.05, 3.63) is 44.9 Å². The number of hydrogen-bond acceptors (Lipinski definition) is 4. The smallest absolute Gasteiger partial charge is 0.257 e. The summed E-state index contributed by atoms with van der Waals surface area (Å²) >= 11 is 4.94. The predicted octanol–water partition coefficient (Wildman–Crippen LogP) is 3.57. The van der Waals surface area contributed by atoms with Crippen LogP contribution in [0.2, 0.25) is 0 Å². The fourth-order valence-electron chi connectivity index (χ4n) is 2.18. The molecule has 1 aliphatic heterocycles.